The number of sulfonamides is 1. The van der Waals surface area contributed by atoms with Crippen LogP contribution in [0.2, 0.25) is 0 Å². The van der Waals surface area contributed by atoms with E-state index in [4.69, 9.17) is 15.6 Å². The van der Waals surface area contributed by atoms with Gasteiger partial charge in [-0.05, 0) is 44.0 Å². The molecule has 0 heterocycles. The molecule has 0 aliphatic heterocycles. The van der Waals surface area contributed by atoms with Crippen LogP contribution in [0.4, 0.5) is 5.69 Å². The van der Waals surface area contributed by atoms with Crippen molar-refractivity contribution in [1.82, 2.24) is 0 Å². The Balaban J connectivity index is 2.93. The summed E-state index contributed by atoms with van der Waals surface area (Å²) in [7, 11) is -2.07. The molecule has 114 valence electrons. The molecule has 0 fully saturated rings. The smallest absolute Gasteiger partial charge is 0.238 e. The van der Waals surface area contributed by atoms with Gasteiger partial charge >= 0.3 is 0 Å². The molecule has 1 rings (SSSR count). The van der Waals surface area contributed by atoms with Crippen LogP contribution in [0.25, 0.3) is 0 Å². The number of anilines is 1. The first-order valence-electron chi connectivity index (χ1n) is 6.47. The predicted octanol–water partition coefficient (Wildman–Crippen LogP) is 0.808. The van der Waals surface area contributed by atoms with Crippen molar-refractivity contribution in [2.45, 2.75) is 30.7 Å². The number of nitrogens with two attached hydrogens (primary N) is 2. The number of hydrogen-bond donors (Lipinski definition) is 3. The molecule has 0 amide bonds. The topological polar surface area (TPSA) is 107 Å². The third-order valence-electron chi connectivity index (χ3n) is 3.02. The van der Waals surface area contributed by atoms with Crippen LogP contribution < -0.4 is 16.2 Å². The van der Waals surface area contributed by atoms with E-state index in [1.807, 2.05) is 6.92 Å². The monoisotopic (exact) mass is 301 g/mol. The Labute approximate surface area is 120 Å². The Morgan fingerprint density at radius 3 is 2.65 bits per heavy atom. The zero-order valence-corrected chi connectivity index (χ0v) is 12.7. The van der Waals surface area contributed by atoms with Crippen LogP contribution in [0.5, 0.6) is 0 Å². The van der Waals surface area contributed by atoms with Gasteiger partial charge in [0, 0.05) is 18.8 Å². The van der Waals surface area contributed by atoms with Crippen LogP contribution in [0.1, 0.15) is 18.4 Å². The number of benzene rings is 1. The maximum absolute atomic E-state index is 11.4. The molecule has 7 heteroatoms. The number of hydrogen-bond acceptors (Lipinski definition) is 5. The van der Waals surface area contributed by atoms with E-state index in [0.717, 1.165) is 24.1 Å². The second-order valence-electron chi connectivity index (χ2n) is 4.75. The first kappa shape index (κ1) is 16.9. The van der Waals surface area contributed by atoms with Gasteiger partial charge in [-0.2, -0.15) is 0 Å². The van der Waals surface area contributed by atoms with Crippen molar-refractivity contribution in [1.29, 1.82) is 0 Å². The number of rotatable bonds is 8. The molecule has 0 saturated heterocycles. The fourth-order valence-corrected chi connectivity index (χ4v) is 2.46. The van der Waals surface area contributed by atoms with Crippen molar-refractivity contribution in [2.75, 3.05) is 25.6 Å². The summed E-state index contributed by atoms with van der Waals surface area (Å²) in [6, 6.07) is 4.86. The normalized spacial score (nSPS) is 13.2. The van der Waals surface area contributed by atoms with Gasteiger partial charge in [0.1, 0.15) is 0 Å². The second kappa shape index (κ2) is 7.58. The van der Waals surface area contributed by atoms with E-state index in [2.05, 4.69) is 5.32 Å². The van der Waals surface area contributed by atoms with Crippen molar-refractivity contribution in [3.63, 3.8) is 0 Å². The van der Waals surface area contributed by atoms with Crippen molar-refractivity contribution < 1.29 is 13.2 Å². The highest BCUT2D eigenvalue weighted by Crippen LogP contribution is 2.21. The van der Waals surface area contributed by atoms with E-state index in [0.29, 0.717) is 13.2 Å². The fraction of sp³-hybridized carbons (Fsp3) is 0.538. The summed E-state index contributed by atoms with van der Waals surface area (Å²) < 4.78 is 27.9. The van der Waals surface area contributed by atoms with Crippen LogP contribution in [0.3, 0.4) is 0 Å². The predicted molar refractivity (Wildman–Crippen MR) is 80.1 cm³/mol. The molecule has 1 aromatic carbocycles. The first-order chi connectivity index (χ1) is 9.38. The molecule has 0 radical (unpaired) electrons. The van der Waals surface area contributed by atoms with Gasteiger partial charge in [0.2, 0.25) is 10.0 Å². The van der Waals surface area contributed by atoms with Crippen molar-refractivity contribution in [3.05, 3.63) is 23.8 Å². The molecule has 20 heavy (non-hydrogen) atoms. The molecule has 0 saturated carbocycles. The van der Waals surface area contributed by atoms with Gasteiger partial charge in [-0.1, -0.05) is 6.07 Å². The highest BCUT2D eigenvalue weighted by Gasteiger charge is 2.13. The van der Waals surface area contributed by atoms with Gasteiger partial charge in [-0.15, -0.1) is 0 Å². The third-order valence-corrected chi connectivity index (χ3v) is 3.93. The van der Waals surface area contributed by atoms with Crippen LogP contribution in [0, 0.1) is 6.92 Å². The Bertz CT molecular complexity index is 532. The summed E-state index contributed by atoms with van der Waals surface area (Å²) in [6.45, 7) is 3.04. The summed E-state index contributed by atoms with van der Waals surface area (Å²) >= 11 is 0. The SMILES string of the molecule is COCC(CCCN)Nc1cc(S(N)(=O)=O)ccc1C. The van der Waals surface area contributed by atoms with Crippen LogP contribution in [-0.4, -0.2) is 34.7 Å². The molecule has 1 atom stereocenters. The summed E-state index contributed by atoms with van der Waals surface area (Å²) in [6.07, 6.45) is 1.72. The summed E-state index contributed by atoms with van der Waals surface area (Å²) in [5.41, 5.74) is 7.21. The zero-order valence-electron chi connectivity index (χ0n) is 11.9. The highest BCUT2D eigenvalue weighted by molar-refractivity contribution is 7.89. The first-order valence-corrected chi connectivity index (χ1v) is 8.02. The lowest BCUT2D eigenvalue weighted by atomic mass is 10.1. The van der Waals surface area contributed by atoms with E-state index in [9.17, 15) is 8.42 Å². The molecule has 1 unspecified atom stereocenters. The van der Waals surface area contributed by atoms with Crippen LogP contribution in [-0.2, 0) is 14.8 Å². The number of nitrogens with one attached hydrogen (secondary N) is 1. The van der Waals surface area contributed by atoms with E-state index in [1.54, 1.807) is 19.2 Å². The fourth-order valence-electron chi connectivity index (χ4n) is 1.92. The number of aryl methyl sites for hydroxylation is 1. The van der Waals surface area contributed by atoms with Gasteiger partial charge < -0.3 is 15.8 Å². The Morgan fingerprint density at radius 1 is 1.40 bits per heavy atom. The van der Waals surface area contributed by atoms with Crippen molar-refractivity contribution >= 4 is 15.7 Å². The van der Waals surface area contributed by atoms with Gasteiger partial charge in [-0.25, -0.2) is 13.6 Å². The van der Waals surface area contributed by atoms with E-state index < -0.39 is 10.0 Å². The third kappa shape index (κ3) is 5.09. The molecular formula is C13H23N3O3S. The van der Waals surface area contributed by atoms with Crippen LogP contribution in [0.15, 0.2) is 23.1 Å². The van der Waals surface area contributed by atoms with Gasteiger partial charge in [0.05, 0.1) is 11.5 Å². The average molecular weight is 301 g/mol. The molecule has 6 nitrogen and oxygen atoms in total. The molecular weight excluding hydrogens is 278 g/mol. The lowest BCUT2D eigenvalue weighted by molar-refractivity contribution is 0.182. The number of ether oxygens (including phenoxy) is 1. The molecule has 0 aliphatic rings. The molecule has 0 aliphatic carbocycles. The highest BCUT2D eigenvalue weighted by atomic mass is 32.2. The quantitative estimate of drug-likeness (QED) is 0.658. The minimum Gasteiger partial charge on any atom is -0.383 e. The second-order valence-corrected chi connectivity index (χ2v) is 6.31. The molecule has 0 aromatic heterocycles. The summed E-state index contributed by atoms with van der Waals surface area (Å²) in [5, 5.41) is 8.44. The summed E-state index contributed by atoms with van der Waals surface area (Å²) in [4.78, 5) is 0.0978. The Kier molecular flexibility index (Phi) is 6.41. The maximum atomic E-state index is 11.4. The van der Waals surface area contributed by atoms with Crippen LogP contribution >= 0.6 is 0 Å². The summed E-state index contributed by atoms with van der Waals surface area (Å²) in [5.74, 6) is 0. The molecule has 0 bridgehead atoms. The number of methoxy groups -OCH3 is 1. The van der Waals surface area contributed by atoms with Gasteiger partial charge in [0.25, 0.3) is 0 Å². The Hall–Kier alpha value is -1.15. The van der Waals surface area contributed by atoms with Gasteiger partial charge in [0.15, 0.2) is 0 Å². The standard InChI is InChI=1S/C13H23N3O3S/c1-10-5-6-12(20(15,17)18)8-13(10)16-11(9-19-2)4-3-7-14/h5-6,8,11,16H,3-4,7,9,14H2,1-2H3,(H2,15,17,18). The lowest BCUT2D eigenvalue weighted by Gasteiger charge is -2.20. The van der Waals surface area contributed by atoms with E-state index in [-0.39, 0.29) is 10.9 Å². The van der Waals surface area contributed by atoms with E-state index >= 15 is 0 Å². The largest absolute Gasteiger partial charge is 0.383 e. The molecule has 5 N–H and O–H groups in total. The number of primary sulfonamides is 1. The minimum absolute atomic E-state index is 0.0815. The average Bonchev–Trinajstić information content (AvgIpc) is 2.37. The van der Waals surface area contributed by atoms with Gasteiger partial charge in [-0.3, -0.25) is 0 Å². The Morgan fingerprint density at radius 2 is 2.10 bits per heavy atom. The minimum atomic E-state index is -3.70. The lowest BCUT2D eigenvalue weighted by Crippen LogP contribution is -2.26. The van der Waals surface area contributed by atoms with E-state index in [1.165, 1.54) is 6.07 Å². The maximum Gasteiger partial charge on any atom is 0.238 e. The van der Waals surface area contributed by atoms with Crippen molar-refractivity contribution in [3.8, 4) is 0 Å². The molecule has 1 aromatic rings. The molecule has 0 spiro atoms. The van der Waals surface area contributed by atoms with Crippen molar-refractivity contribution in [2.24, 2.45) is 10.9 Å². The zero-order chi connectivity index (χ0) is 15.2.